The molecule has 0 N–H and O–H groups in total. The predicted molar refractivity (Wildman–Crippen MR) is 94.7 cm³/mol. The summed E-state index contributed by atoms with van der Waals surface area (Å²) in [5, 5.41) is 0. The Morgan fingerprint density at radius 2 is 0.650 bits per heavy atom. The van der Waals surface area contributed by atoms with E-state index in [-0.39, 0.29) is 0 Å². The van der Waals surface area contributed by atoms with Gasteiger partial charge in [0.05, 0.1) is 0 Å². The molecular weight excluding hydrogens is 475 g/mol. The van der Waals surface area contributed by atoms with E-state index in [0.717, 1.165) is 0 Å². The molecule has 10 heteroatoms. The molecular formula is C10H6Cl10. The standard InChI is InChI=1S/C10H6Cl10/c11-7(12,9(15,16)17)5-1-2-6(4-3-5)8(13,14)10(18,19)20/h1-6H. The first-order valence-corrected chi connectivity index (χ1v) is 8.75. The largest absolute Gasteiger partial charge is 0.223 e. The zero-order chi connectivity index (χ0) is 16.0. The van der Waals surface area contributed by atoms with Crippen LogP contribution in [-0.2, 0) is 0 Å². The van der Waals surface area contributed by atoms with E-state index in [1.165, 1.54) is 0 Å². The van der Waals surface area contributed by atoms with Gasteiger partial charge < -0.3 is 0 Å². The minimum Gasteiger partial charge on any atom is -0.0958 e. The summed E-state index contributed by atoms with van der Waals surface area (Å²) in [4.78, 5) is 0. The van der Waals surface area contributed by atoms with Gasteiger partial charge in [-0.1, -0.05) is 140 Å². The van der Waals surface area contributed by atoms with Gasteiger partial charge in [0.2, 0.25) is 7.59 Å². The van der Waals surface area contributed by atoms with Crippen molar-refractivity contribution in [2.45, 2.75) is 16.3 Å². The molecule has 0 heterocycles. The molecule has 0 aromatic rings. The first kappa shape index (κ1) is 20.4. The van der Waals surface area contributed by atoms with E-state index < -0.39 is 28.1 Å². The highest BCUT2D eigenvalue weighted by atomic mass is 35.6. The van der Waals surface area contributed by atoms with Crippen LogP contribution in [0, 0.1) is 11.8 Å². The van der Waals surface area contributed by atoms with E-state index in [4.69, 9.17) is 116 Å². The van der Waals surface area contributed by atoms with Crippen LogP contribution in [0.25, 0.3) is 0 Å². The van der Waals surface area contributed by atoms with Crippen molar-refractivity contribution >= 4 is 116 Å². The van der Waals surface area contributed by atoms with Crippen molar-refractivity contribution in [2.75, 3.05) is 0 Å². The van der Waals surface area contributed by atoms with Gasteiger partial charge in [0.15, 0.2) is 8.67 Å². The van der Waals surface area contributed by atoms with Crippen LogP contribution in [0.4, 0.5) is 0 Å². The van der Waals surface area contributed by atoms with Crippen LogP contribution >= 0.6 is 116 Å². The molecule has 0 saturated heterocycles. The van der Waals surface area contributed by atoms with Crippen LogP contribution in [-0.4, -0.2) is 16.3 Å². The van der Waals surface area contributed by atoms with Crippen LogP contribution < -0.4 is 0 Å². The third kappa shape index (κ3) is 4.26. The summed E-state index contributed by atoms with van der Waals surface area (Å²) in [7, 11) is 0. The molecule has 116 valence electrons. The van der Waals surface area contributed by atoms with Gasteiger partial charge >= 0.3 is 0 Å². The average Bonchev–Trinajstić information content (AvgIpc) is 2.26. The number of allylic oxidation sites excluding steroid dienone is 4. The lowest BCUT2D eigenvalue weighted by Crippen LogP contribution is -2.41. The molecule has 0 fully saturated rings. The monoisotopic (exact) mass is 476 g/mol. The number of halogens is 10. The molecule has 0 amide bonds. The van der Waals surface area contributed by atoms with Gasteiger partial charge in [-0.3, -0.25) is 0 Å². The highest BCUT2D eigenvalue weighted by Gasteiger charge is 2.53. The Hall–Kier alpha value is 2.38. The molecule has 0 aromatic heterocycles. The van der Waals surface area contributed by atoms with Crippen molar-refractivity contribution in [3.8, 4) is 0 Å². The Morgan fingerprint density at radius 3 is 0.800 bits per heavy atom. The fourth-order valence-corrected chi connectivity index (χ4v) is 2.81. The Balaban J connectivity index is 2.96. The third-order valence-corrected chi connectivity index (χ3v) is 7.74. The summed E-state index contributed by atoms with van der Waals surface area (Å²) < 4.78 is -7.12. The lowest BCUT2D eigenvalue weighted by atomic mass is 9.91. The molecule has 1 aliphatic carbocycles. The minimum atomic E-state index is -1.89. The Morgan fingerprint density at radius 1 is 0.450 bits per heavy atom. The molecule has 0 bridgehead atoms. The lowest BCUT2D eigenvalue weighted by Gasteiger charge is -2.37. The highest BCUT2D eigenvalue weighted by Crippen LogP contribution is 2.55. The molecule has 0 atom stereocenters. The van der Waals surface area contributed by atoms with Crippen LogP contribution in [0.15, 0.2) is 24.3 Å². The number of rotatable bonds is 2. The van der Waals surface area contributed by atoms with Gasteiger partial charge in [0.25, 0.3) is 0 Å². The summed E-state index contributed by atoms with van der Waals surface area (Å²) in [6.07, 6.45) is 6.34. The van der Waals surface area contributed by atoms with Crippen molar-refractivity contribution in [1.82, 2.24) is 0 Å². The average molecular weight is 481 g/mol. The molecule has 0 nitrogen and oxygen atoms in total. The predicted octanol–water partition coefficient (Wildman–Crippen LogP) is 7.43. The van der Waals surface area contributed by atoms with Gasteiger partial charge in [-0.05, 0) is 0 Å². The second-order valence-electron chi connectivity index (χ2n) is 4.06. The van der Waals surface area contributed by atoms with E-state index in [1.807, 2.05) is 0 Å². The zero-order valence-corrected chi connectivity index (χ0v) is 16.8. The fraction of sp³-hybridized carbons (Fsp3) is 0.600. The smallest absolute Gasteiger partial charge is 0.0958 e. The van der Waals surface area contributed by atoms with E-state index in [2.05, 4.69) is 0 Å². The van der Waals surface area contributed by atoms with Crippen molar-refractivity contribution < 1.29 is 0 Å². The molecule has 0 aliphatic heterocycles. The number of alkyl halides is 10. The summed E-state index contributed by atoms with van der Waals surface area (Å²) >= 11 is 58.7. The van der Waals surface area contributed by atoms with Crippen LogP contribution in [0.2, 0.25) is 0 Å². The molecule has 20 heavy (non-hydrogen) atoms. The SMILES string of the molecule is ClC(Cl)(Cl)C(Cl)(Cl)C1C=CC(C(Cl)(Cl)C(Cl)(Cl)Cl)C=C1. The number of hydrogen-bond donors (Lipinski definition) is 0. The highest BCUT2D eigenvalue weighted by molar-refractivity contribution is 6.76. The topological polar surface area (TPSA) is 0 Å². The van der Waals surface area contributed by atoms with Gasteiger partial charge in [0.1, 0.15) is 0 Å². The van der Waals surface area contributed by atoms with E-state index in [1.54, 1.807) is 24.3 Å². The molecule has 1 aliphatic rings. The van der Waals surface area contributed by atoms with Gasteiger partial charge in [-0.2, -0.15) is 0 Å². The van der Waals surface area contributed by atoms with E-state index in [0.29, 0.717) is 0 Å². The second kappa shape index (κ2) is 6.71. The minimum absolute atomic E-state index is 0.575. The second-order valence-corrected chi connectivity index (χ2v) is 11.4. The summed E-state index contributed by atoms with van der Waals surface area (Å²) in [6.45, 7) is 0. The summed E-state index contributed by atoms with van der Waals surface area (Å²) in [5.41, 5.74) is 0. The maximum Gasteiger partial charge on any atom is 0.223 e. The van der Waals surface area contributed by atoms with Crippen LogP contribution in [0.1, 0.15) is 0 Å². The van der Waals surface area contributed by atoms with E-state index >= 15 is 0 Å². The molecule has 0 radical (unpaired) electrons. The maximum atomic E-state index is 6.07. The summed E-state index contributed by atoms with van der Waals surface area (Å²) in [6, 6.07) is 0. The van der Waals surface area contributed by atoms with Crippen molar-refractivity contribution in [3.63, 3.8) is 0 Å². The normalized spacial score (nSPS) is 25.1. The van der Waals surface area contributed by atoms with Crippen molar-refractivity contribution in [3.05, 3.63) is 24.3 Å². The molecule has 0 aromatic carbocycles. The summed E-state index contributed by atoms with van der Waals surface area (Å²) in [5.74, 6) is -1.15. The Kier molecular flexibility index (Phi) is 6.85. The van der Waals surface area contributed by atoms with Gasteiger partial charge in [0, 0.05) is 11.8 Å². The van der Waals surface area contributed by atoms with Crippen molar-refractivity contribution in [1.29, 1.82) is 0 Å². The van der Waals surface area contributed by atoms with Crippen molar-refractivity contribution in [2.24, 2.45) is 11.8 Å². The Labute approximate surface area is 167 Å². The quantitative estimate of drug-likeness (QED) is 0.285. The zero-order valence-electron chi connectivity index (χ0n) is 9.24. The van der Waals surface area contributed by atoms with E-state index in [9.17, 15) is 0 Å². The lowest BCUT2D eigenvalue weighted by molar-refractivity contribution is 0.611. The Bertz CT molecular complexity index is 359. The molecule has 1 rings (SSSR count). The fourth-order valence-electron chi connectivity index (χ4n) is 1.47. The molecule has 0 spiro atoms. The first-order chi connectivity index (χ1) is 8.71. The number of hydrogen-bond acceptors (Lipinski definition) is 0. The molecule has 0 saturated carbocycles. The molecule has 0 unspecified atom stereocenters. The third-order valence-electron chi connectivity index (χ3n) is 2.64. The maximum absolute atomic E-state index is 6.07. The van der Waals surface area contributed by atoms with Crippen LogP contribution in [0.3, 0.4) is 0 Å². The van der Waals surface area contributed by atoms with Gasteiger partial charge in [-0.25, -0.2) is 0 Å². The first-order valence-electron chi connectivity index (χ1n) is 4.97. The van der Waals surface area contributed by atoms with Gasteiger partial charge in [-0.15, -0.1) is 0 Å². The van der Waals surface area contributed by atoms with Crippen LogP contribution in [0.5, 0.6) is 0 Å².